The van der Waals surface area contributed by atoms with Crippen molar-refractivity contribution in [3.8, 4) is 0 Å². The first-order valence-electron chi connectivity index (χ1n) is 6.26. The molecule has 6 nitrogen and oxygen atoms in total. The number of halogens is 1. The van der Waals surface area contributed by atoms with E-state index in [1.807, 2.05) is 0 Å². The van der Waals surface area contributed by atoms with Crippen LogP contribution in [0.15, 0.2) is 30.5 Å². The molecule has 7 heteroatoms. The molecule has 2 aromatic rings. The Balaban J connectivity index is 2.03. The Bertz CT molecular complexity index is 598. The highest BCUT2D eigenvalue weighted by Crippen LogP contribution is 2.13. The molecular formula is C13H16FN5O. The van der Waals surface area contributed by atoms with Crippen LogP contribution >= 0.6 is 0 Å². The maximum absolute atomic E-state index is 13.1. The summed E-state index contributed by atoms with van der Waals surface area (Å²) in [6.07, 6.45) is 1.53. The fraction of sp³-hybridized carbons (Fsp3) is 0.308. The van der Waals surface area contributed by atoms with Gasteiger partial charge in [0.25, 0.3) is 5.91 Å². The van der Waals surface area contributed by atoms with Crippen LogP contribution in [0.1, 0.15) is 29.0 Å². The summed E-state index contributed by atoms with van der Waals surface area (Å²) in [5.41, 5.74) is 6.29. The van der Waals surface area contributed by atoms with E-state index in [4.69, 9.17) is 5.73 Å². The number of benzene rings is 1. The van der Waals surface area contributed by atoms with Crippen LogP contribution in [0.25, 0.3) is 0 Å². The zero-order valence-electron chi connectivity index (χ0n) is 11.1. The molecule has 1 amide bonds. The molecule has 1 aromatic carbocycles. The SMILES string of the molecule is C[C@H](NC(=O)c1cn(CCN)nn1)c1cccc(F)c1. The van der Waals surface area contributed by atoms with Crippen molar-refractivity contribution in [3.05, 3.63) is 47.5 Å². The Hall–Kier alpha value is -2.28. The molecule has 0 saturated carbocycles. The molecule has 106 valence electrons. The van der Waals surface area contributed by atoms with Crippen molar-refractivity contribution in [1.29, 1.82) is 0 Å². The lowest BCUT2D eigenvalue weighted by Gasteiger charge is -2.13. The van der Waals surface area contributed by atoms with Gasteiger partial charge in [0.05, 0.1) is 18.8 Å². The molecular weight excluding hydrogens is 261 g/mol. The van der Waals surface area contributed by atoms with Gasteiger partial charge in [-0.1, -0.05) is 17.3 Å². The summed E-state index contributed by atoms with van der Waals surface area (Å²) < 4.78 is 14.6. The largest absolute Gasteiger partial charge is 0.344 e. The van der Waals surface area contributed by atoms with Gasteiger partial charge in [-0.2, -0.15) is 0 Å². The summed E-state index contributed by atoms with van der Waals surface area (Å²) in [5.74, 6) is -0.692. The number of carbonyl (C=O) groups is 1. The minimum absolute atomic E-state index is 0.210. The minimum Gasteiger partial charge on any atom is -0.344 e. The van der Waals surface area contributed by atoms with Gasteiger partial charge in [0.2, 0.25) is 0 Å². The van der Waals surface area contributed by atoms with E-state index in [1.54, 1.807) is 19.1 Å². The second-order valence-corrected chi connectivity index (χ2v) is 4.41. The van der Waals surface area contributed by atoms with E-state index in [9.17, 15) is 9.18 Å². The molecule has 0 radical (unpaired) electrons. The molecule has 2 rings (SSSR count). The van der Waals surface area contributed by atoms with Crippen LogP contribution in [0.4, 0.5) is 4.39 Å². The maximum atomic E-state index is 13.1. The Morgan fingerprint density at radius 3 is 3.05 bits per heavy atom. The molecule has 0 fully saturated rings. The molecule has 0 unspecified atom stereocenters. The van der Waals surface area contributed by atoms with Gasteiger partial charge >= 0.3 is 0 Å². The first-order valence-corrected chi connectivity index (χ1v) is 6.26. The van der Waals surface area contributed by atoms with E-state index in [-0.39, 0.29) is 23.5 Å². The molecule has 3 N–H and O–H groups in total. The van der Waals surface area contributed by atoms with Gasteiger partial charge in [-0.15, -0.1) is 5.10 Å². The van der Waals surface area contributed by atoms with Gasteiger partial charge in [-0.25, -0.2) is 4.39 Å². The summed E-state index contributed by atoms with van der Waals surface area (Å²) >= 11 is 0. The summed E-state index contributed by atoms with van der Waals surface area (Å²) in [7, 11) is 0. The molecule has 1 atom stereocenters. The second kappa shape index (κ2) is 6.25. The molecule has 1 aromatic heterocycles. The predicted molar refractivity (Wildman–Crippen MR) is 71.4 cm³/mol. The highest BCUT2D eigenvalue weighted by atomic mass is 19.1. The van der Waals surface area contributed by atoms with E-state index in [2.05, 4.69) is 15.6 Å². The number of carbonyl (C=O) groups excluding carboxylic acids is 1. The number of hydrogen-bond donors (Lipinski definition) is 2. The van der Waals surface area contributed by atoms with E-state index in [0.717, 1.165) is 0 Å². The first kappa shape index (κ1) is 14.1. The molecule has 20 heavy (non-hydrogen) atoms. The van der Waals surface area contributed by atoms with Crippen LogP contribution < -0.4 is 11.1 Å². The van der Waals surface area contributed by atoms with Crippen molar-refractivity contribution in [2.45, 2.75) is 19.5 Å². The van der Waals surface area contributed by atoms with Gasteiger partial charge in [0.15, 0.2) is 5.69 Å². The summed E-state index contributed by atoms with van der Waals surface area (Å²) in [4.78, 5) is 12.0. The van der Waals surface area contributed by atoms with Gasteiger partial charge in [0.1, 0.15) is 5.82 Å². The Morgan fingerprint density at radius 1 is 1.55 bits per heavy atom. The predicted octanol–water partition coefficient (Wildman–Crippen LogP) is 0.867. The normalized spacial score (nSPS) is 12.2. The van der Waals surface area contributed by atoms with Crippen molar-refractivity contribution < 1.29 is 9.18 Å². The molecule has 0 aliphatic rings. The van der Waals surface area contributed by atoms with Crippen LogP contribution in [-0.4, -0.2) is 27.4 Å². The summed E-state index contributed by atoms with van der Waals surface area (Å²) in [6, 6.07) is 5.77. The van der Waals surface area contributed by atoms with Gasteiger partial charge in [-0.3, -0.25) is 9.48 Å². The quantitative estimate of drug-likeness (QED) is 0.849. The number of nitrogens with two attached hydrogens (primary N) is 1. The van der Waals surface area contributed by atoms with Crippen LogP contribution in [-0.2, 0) is 6.54 Å². The van der Waals surface area contributed by atoms with E-state index in [0.29, 0.717) is 18.7 Å². The van der Waals surface area contributed by atoms with Crippen LogP contribution in [0.5, 0.6) is 0 Å². The van der Waals surface area contributed by atoms with Gasteiger partial charge in [0, 0.05) is 6.54 Å². The standard InChI is InChI=1S/C13H16FN5O/c1-9(10-3-2-4-11(14)7-10)16-13(20)12-8-19(6-5-15)18-17-12/h2-4,7-9H,5-6,15H2,1H3,(H,16,20)/t9-/m0/s1. The second-order valence-electron chi connectivity index (χ2n) is 4.41. The van der Waals surface area contributed by atoms with Gasteiger partial charge < -0.3 is 11.1 Å². The van der Waals surface area contributed by atoms with Crippen LogP contribution in [0.2, 0.25) is 0 Å². The van der Waals surface area contributed by atoms with Crippen molar-refractivity contribution in [3.63, 3.8) is 0 Å². The molecule has 0 saturated heterocycles. The molecule has 0 spiro atoms. The fourth-order valence-corrected chi connectivity index (χ4v) is 1.77. The number of amides is 1. The van der Waals surface area contributed by atoms with Crippen LogP contribution in [0, 0.1) is 5.82 Å². The fourth-order valence-electron chi connectivity index (χ4n) is 1.77. The number of nitrogens with zero attached hydrogens (tertiary/aromatic N) is 3. The highest BCUT2D eigenvalue weighted by molar-refractivity contribution is 5.92. The van der Waals surface area contributed by atoms with E-state index in [1.165, 1.54) is 23.0 Å². The number of aromatic nitrogens is 3. The number of rotatable bonds is 5. The van der Waals surface area contributed by atoms with E-state index >= 15 is 0 Å². The third-order valence-corrected chi connectivity index (χ3v) is 2.83. The maximum Gasteiger partial charge on any atom is 0.273 e. The Labute approximate surface area is 115 Å². The van der Waals surface area contributed by atoms with Crippen molar-refractivity contribution >= 4 is 5.91 Å². The lowest BCUT2D eigenvalue weighted by molar-refractivity contribution is 0.0934. The van der Waals surface area contributed by atoms with E-state index < -0.39 is 0 Å². The minimum atomic E-state index is -0.356. The van der Waals surface area contributed by atoms with Crippen LogP contribution in [0.3, 0.4) is 0 Å². The zero-order chi connectivity index (χ0) is 14.5. The zero-order valence-corrected chi connectivity index (χ0v) is 11.1. The summed E-state index contributed by atoms with van der Waals surface area (Å²) in [5, 5.41) is 10.3. The lowest BCUT2D eigenvalue weighted by Crippen LogP contribution is -2.27. The third-order valence-electron chi connectivity index (χ3n) is 2.83. The van der Waals surface area contributed by atoms with Crippen molar-refractivity contribution in [2.75, 3.05) is 6.54 Å². The molecule has 0 bridgehead atoms. The smallest absolute Gasteiger partial charge is 0.273 e. The monoisotopic (exact) mass is 277 g/mol. The van der Waals surface area contributed by atoms with Crippen molar-refractivity contribution in [2.24, 2.45) is 5.73 Å². The molecule has 1 heterocycles. The third kappa shape index (κ3) is 3.39. The Kier molecular flexibility index (Phi) is 4.41. The average Bonchev–Trinajstić information content (AvgIpc) is 2.88. The number of nitrogens with one attached hydrogen (secondary N) is 1. The Morgan fingerprint density at radius 2 is 2.35 bits per heavy atom. The highest BCUT2D eigenvalue weighted by Gasteiger charge is 2.14. The average molecular weight is 277 g/mol. The van der Waals surface area contributed by atoms with Gasteiger partial charge in [-0.05, 0) is 24.6 Å². The topological polar surface area (TPSA) is 85.8 Å². The first-order chi connectivity index (χ1) is 9.60. The lowest BCUT2D eigenvalue weighted by atomic mass is 10.1. The molecule has 0 aliphatic carbocycles. The number of hydrogen-bond acceptors (Lipinski definition) is 4. The molecule has 0 aliphatic heterocycles. The summed E-state index contributed by atoms with van der Waals surface area (Å²) in [6.45, 7) is 2.70. The van der Waals surface area contributed by atoms with Crippen molar-refractivity contribution in [1.82, 2.24) is 20.3 Å².